The van der Waals surface area contributed by atoms with E-state index in [0.29, 0.717) is 0 Å². The normalized spacial score (nSPS) is 8.36. The molecule has 0 bridgehead atoms. The molecule has 0 aliphatic rings. The van der Waals surface area contributed by atoms with Crippen LogP contribution in [-0.4, -0.2) is 11.1 Å². The molecule has 1 aromatic carbocycles. The summed E-state index contributed by atoms with van der Waals surface area (Å²) in [5.41, 5.74) is 0.843. The summed E-state index contributed by atoms with van der Waals surface area (Å²) in [4.78, 5) is 10.2. The van der Waals surface area contributed by atoms with Crippen LogP contribution in [0.5, 0.6) is 0 Å². The third kappa shape index (κ3) is 4.28. The first-order valence-corrected chi connectivity index (χ1v) is 3.05. The van der Waals surface area contributed by atoms with Crippen molar-refractivity contribution in [1.82, 2.24) is 0 Å². The Balaban J connectivity index is 0.000001000. The van der Waals surface area contributed by atoms with Crippen LogP contribution in [0.3, 0.4) is 0 Å². The summed E-state index contributed by atoms with van der Waals surface area (Å²) < 4.78 is 0. The van der Waals surface area contributed by atoms with Crippen molar-refractivity contribution < 1.29 is 42.6 Å². The number of carbonyl (C=O) groups is 1. The van der Waals surface area contributed by atoms with Crippen molar-refractivity contribution in [2.24, 2.45) is 0 Å². The van der Waals surface area contributed by atoms with Gasteiger partial charge < -0.3 is 5.11 Å². The maximum absolute atomic E-state index is 10.2. The standard InChI is InChI=1S/C8H8O2.Y/c9-8(10)6-7-4-2-1-3-5-7;/h1-5H,6H2,(H,9,10);. The average molecular weight is 225 g/mol. The fraction of sp³-hybridized carbons (Fsp3) is 0.125. The fourth-order valence-electron chi connectivity index (χ4n) is 0.770. The number of hydrogen-bond donors (Lipinski definition) is 1. The van der Waals surface area contributed by atoms with Gasteiger partial charge in [-0.25, -0.2) is 0 Å². The summed E-state index contributed by atoms with van der Waals surface area (Å²) in [6.07, 6.45) is 0.112. The molecule has 0 saturated carbocycles. The van der Waals surface area contributed by atoms with Crippen LogP contribution in [0, 0.1) is 0 Å². The summed E-state index contributed by atoms with van der Waals surface area (Å²) in [5.74, 6) is -0.786. The largest absolute Gasteiger partial charge is 0.481 e. The first-order chi connectivity index (χ1) is 4.79. The summed E-state index contributed by atoms with van der Waals surface area (Å²) >= 11 is 0. The van der Waals surface area contributed by atoms with Gasteiger partial charge in [-0.2, -0.15) is 0 Å². The predicted octanol–water partition coefficient (Wildman–Crippen LogP) is 1.31. The number of carboxylic acid groups (broad SMARTS) is 1. The molecule has 1 rings (SSSR count). The molecule has 0 amide bonds. The molecular formula is C8H8O2Y. The van der Waals surface area contributed by atoms with Crippen molar-refractivity contribution >= 4 is 5.97 Å². The second-order valence-electron chi connectivity index (χ2n) is 2.06. The molecular weight excluding hydrogens is 217 g/mol. The SMILES string of the molecule is O=C(O)Cc1ccccc1.[Y]. The molecule has 0 fully saturated rings. The predicted molar refractivity (Wildman–Crippen MR) is 37.8 cm³/mol. The molecule has 1 aromatic rings. The van der Waals surface area contributed by atoms with E-state index in [1.54, 1.807) is 12.1 Å². The second-order valence-corrected chi connectivity index (χ2v) is 2.06. The minimum absolute atomic E-state index is 0. The van der Waals surface area contributed by atoms with Crippen LogP contribution in [0.4, 0.5) is 0 Å². The molecule has 0 heterocycles. The number of rotatable bonds is 2. The van der Waals surface area contributed by atoms with Gasteiger partial charge in [-0.05, 0) is 5.56 Å². The monoisotopic (exact) mass is 225 g/mol. The van der Waals surface area contributed by atoms with E-state index in [4.69, 9.17) is 5.11 Å². The van der Waals surface area contributed by atoms with E-state index in [9.17, 15) is 4.79 Å². The van der Waals surface area contributed by atoms with Gasteiger partial charge in [0, 0.05) is 32.7 Å². The molecule has 0 saturated heterocycles. The zero-order chi connectivity index (χ0) is 7.40. The Hall–Kier alpha value is -0.206. The Morgan fingerprint density at radius 1 is 1.27 bits per heavy atom. The van der Waals surface area contributed by atoms with Crippen LogP contribution in [0.15, 0.2) is 30.3 Å². The summed E-state index contributed by atoms with van der Waals surface area (Å²) in [6.45, 7) is 0. The van der Waals surface area contributed by atoms with Gasteiger partial charge in [-0.3, -0.25) is 4.79 Å². The third-order valence-corrected chi connectivity index (χ3v) is 1.20. The summed E-state index contributed by atoms with van der Waals surface area (Å²) in [6, 6.07) is 9.13. The average Bonchev–Trinajstić information content (AvgIpc) is 1.88. The molecule has 3 heteroatoms. The maximum atomic E-state index is 10.2. The molecule has 0 spiro atoms. The van der Waals surface area contributed by atoms with Crippen LogP contribution < -0.4 is 0 Å². The smallest absolute Gasteiger partial charge is 0.307 e. The third-order valence-electron chi connectivity index (χ3n) is 1.20. The van der Waals surface area contributed by atoms with Gasteiger partial charge in [0.05, 0.1) is 6.42 Å². The van der Waals surface area contributed by atoms with Crippen LogP contribution in [0.2, 0.25) is 0 Å². The quantitative estimate of drug-likeness (QED) is 0.823. The zero-order valence-electron chi connectivity index (χ0n) is 6.03. The molecule has 0 aliphatic carbocycles. The Morgan fingerprint density at radius 2 is 1.82 bits per heavy atom. The van der Waals surface area contributed by atoms with E-state index in [-0.39, 0.29) is 39.1 Å². The van der Waals surface area contributed by atoms with Crippen molar-refractivity contribution in [3.05, 3.63) is 35.9 Å². The minimum atomic E-state index is -0.786. The van der Waals surface area contributed by atoms with E-state index in [0.717, 1.165) is 5.56 Å². The van der Waals surface area contributed by atoms with E-state index < -0.39 is 5.97 Å². The maximum Gasteiger partial charge on any atom is 0.307 e. The van der Waals surface area contributed by atoms with Crippen molar-refractivity contribution in [2.75, 3.05) is 0 Å². The van der Waals surface area contributed by atoms with Crippen LogP contribution in [0.25, 0.3) is 0 Å². The van der Waals surface area contributed by atoms with E-state index >= 15 is 0 Å². The summed E-state index contributed by atoms with van der Waals surface area (Å²) in [5, 5.41) is 8.37. The van der Waals surface area contributed by atoms with Gasteiger partial charge in [-0.1, -0.05) is 30.3 Å². The molecule has 2 nitrogen and oxygen atoms in total. The molecule has 0 unspecified atom stereocenters. The first kappa shape index (κ1) is 10.8. The van der Waals surface area contributed by atoms with Gasteiger partial charge in [-0.15, -0.1) is 0 Å². The van der Waals surface area contributed by atoms with E-state index in [1.807, 2.05) is 18.2 Å². The number of aliphatic carboxylic acids is 1. The van der Waals surface area contributed by atoms with Gasteiger partial charge in [0.15, 0.2) is 0 Å². The van der Waals surface area contributed by atoms with Gasteiger partial charge in [0.1, 0.15) is 0 Å². The van der Waals surface area contributed by atoms with Crippen LogP contribution in [0.1, 0.15) is 5.56 Å². The topological polar surface area (TPSA) is 37.3 Å². The second kappa shape index (κ2) is 5.45. The van der Waals surface area contributed by atoms with Crippen molar-refractivity contribution in [3.8, 4) is 0 Å². The Labute approximate surface area is 90.5 Å². The Kier molecular flexibility index (Phi) is 5.34. The van der Waals surface area contributed by atoms with Gasteiger partial charge >= 0.3 is 5.97 Å². The fourth-order valence-corrected chi connectivity index (χ4v) is 0.770. The van der Waals surface area contributed by atoms with Crippen molar-refractivity contribution in [2.45, 2.75) is 6.42 Å². The Morgan fingerprint density at radius 3 is 2.27 bits per heavy atom. The molecule has 1 N–H and O–H groups in total. The number of carboxylic acids is 1. The van der Waals surface area contributed by atoms with E-state index in [1.165, 1.54) is 0 Å². The zero-order valence-corrected chi connectivity index (χ0v) is 8.86. The number of benzene rings is 1. The molecule has 0 aliphatic heterocycles. The van der Waals surface area contributed by atoms with Crippen molar-refractivity contribution in [3.63, 3.8) is 0 Å². The first-order valence-electron chi connectivity index (χ1n) is 3.05. The molecule has 11 heavy (non-hydrogen) atoms. The van der Waals surface area contributed by atoms with Gasteiger partial charge in [0.25, 0.3) is 0 Å². The molecule has 0 aromatic heterocycles. The minimum Gasteiger partial charge on any atom is -0.481 e. The van der Waals surface area contributed by atoms with Gasteiger partial charge in [0.2, 0.25) is 0 Å². The molecule has 1 radical (unpaired) electrons. The van der Waals surface area contributed by atoms with Crippen LogP contribution in [-0.2, 0) is 43.9 Å². The van der Waals surface area contributed by atoms with Crippen LogP contribution >= 0.6 is 0 Å². The number of hydrogen-bond acceptors (Lipinski definition) is 1. The molecule has 0 atom stereocenters. The molecule has 55 valence electrons. The van der Waals surface area contributed by atoms with E-state index in [2.05, 4.69) is 0 Å². The Bertz CT molecular complexity index is 221. The summed E-state index contributed by atoms with van der Waals surface area (Å²) in [7, 11) is 0. The van der Waals surface area contributed by atoms with Crippen molar-refractivity contribution in [1.29, 1.82) is 0 Å².